The van der Waals surface area contributed by atoms with Crippen molar-refractivity contribution < 1.29 is 4.79 Å². The molecule has 1 amide bonds. The van der Waals surface area contributed by atoms with Crippen molar-refractivity contribution in [3.05, 3.63) is 39.5 Å². The van der Waals surface area contributed by atoms with Crippen LogP contribution in [-0.4, -0.2) is 29.0 Å². The fourth-order valence-corrected chi connectivity index (χ4v) is 3.78. The first-order valence-electron chi connectivity index (χ1n) is 8.50. The molecule has 2 aromatic rings. The second kappa shape index (κ2) is 7.30. The van der Waals surface area contributed by atoms with Gasteiger partial charge in [0.1, 0.15) is 10.7 Å². The lowest BCUT2D eigenvalue weighted by Gasteiger charge is -2.16. The molecule has 3 rings (SSSR count). The summed E-state index contributed by atoms with van der Waals surface area (Å²) in [4.78, 5) is 24.4. The highest BCUT2D eigenvalue weighted by atomic mass is 32.1. The third-order valence-electron chi connectivity index (χ3n) is 4.21. The second-order valence-electron chi connectivity index (χ2n) is 6.52. The van der Waals surface area contributed by atoms with E-state index in [-0.39, 0.29) is 5.91 Å². The maximum absolute atomic E-state index is 12.4. The van der Waals surface area contributed by atoms with Gasteiger partial charge in [-0.05, 0) is 31.4 Å². The van der Waals surface area contributed by atoms with Crippen molar-refractivity contribution in [3.63, 3.8) is 0 Å². The van der Waals surface area contributed by atoms with Crippen LogP contribution in [0.15, 0.2) is 18.3 Å². The number of hydrogen-bond donors (Lipinski definition) is 1. The Kier molecular flexibility index (Phi) is 5.14. The van der Waals surface area contributed by atoms with Gasteiger partial charge in [0, 0.05) is 31.7 Å². The topological polar surface area (TPSA) is 58.1 Å². The van der Waals surface area contributed by atoms with E-state index in [1.54, 1.807) is 0 Å². The zero-order chi connectivity index (χ0) is 17.1. The average Bonchev–Trinajstić information content (AvgIpc) is 3.23. The minimum Gasteiger partial charge on any atom is -0.357 e. The molecule has 1 fully saturated rings. The highest BCUT2D eigenvalue weighted by Crippen LogP contribution is 2.24. The molecule has 0 radical (unpaired) electrons. The molecule has 0 unspecified atom stereocenters. The van der Waals surface area contributed by atoms with Crippen molar-refractivity contribution in [2.24, 2.45) is 0 Å². The van der Waals surface area contributed by atoms with Gasteiger partial charge in [0.15, 0.2) is 0 Å². The standard InChI is InChI=1S/C18H24N4OS/c1-12(2)18-21-13(3)16(24-18)17(23)20-11-14-6-7-15(19-10-14)22-8-4-5-9-22/h6-7,10,12H,4-5,8-9,11H2,1-3H3,(H,20,23). The highest BCUT2D eigenvalue weighted by Gasteiger charge is 2.17. The number of rotatable bonds is 5. The molecule has 3 heterocycles. The van der Waals surface area contributed by atoms with E-state index in [9.17, 15) is 4.79 Å². The molecule has 0 atom stereocenters. The quantitative estimate of drug-likeness (QED) is 0.902. The van der Waals surface area contributed by atoms with Crippen LogP contribution in [0, 0.1) is 6.92 Å². The Balaban J connectivity index is 1.59. The van der Waals surface area contributed by atoms with Gasteiger partial charge in [-0.25, -0.2) is 9.97 Å². The molecule has 1 aliphatic heterocycles. The van der Waals surface area contributed by atoms with Crippen LogP contribution in [0.2, 0.25) is 0 Å². The first kappa shape index (κ1) is 16.9. The Hall–Kier alpha value is -1.95. The van der Waals surface area contributed by atoms with Gasteiger partial charge in [0.05, 0.1) is 10.7 Å². The van der Waals surface area contributed by atoms with Crippen molar-refractivity contribution in [2.45, 2.75) is 46.1 Å². The average molecular weight is 344 g/mol. The molecule has 24 heavy (non-hydrogen) atoms. The van der Waals surface area contributed by atoms with Gasteiger partial charge in [-0.1, -0.05) is 19.9 Å². The third kappa shape index (κ3) is 3.75. The van der Waals surface area contributed by atoms with Crippen LogP contribution in [0.3, 0.4) is 0 Å². The molecule has 1 N–H and O–H groups in total. The minimum absolute atomic E-state index is 0.0551. The summed E-state index contributed by atoms with van der Waals surface area (Å²) in [5.41, 5.74) is 1.82. The monoisotopic (exact) mass is 344 g/mol. The molecule has 1 saturated heterocycles. The number of thiazole rings is 1. The van der Waals surface area contributed by atoms with Crippen molar-refractivity contribution in [1.82, 2.24) is 15.3 Å². The summed E-state index contributed by atoms with van der Waals surface area (Å²) in [6.45, 7) is 8.74. The fraction of sp³-hybridized carbons (Fsp3) is 0.500. The number of nitrogens with zero attached hydrogens (tertiary/aromatic N) is 3. The minimum atomic E-state index is -0.0551. The smallest absolute Gasteiger partial charge is 0.263 e. The van der Waals surface area contributed by atoms with E-state index < -0.39 is 0 Å². The molecule has 128 valence electrons. The van der Waals surface area contributed by atoms with Crippen molar-refractivity contribution >= 4 is 23.1 Å². The number of hydrogen-bond acceptors (Lipinski definition) is 5. The van der Waals surface area contributed by atoms with Gasteiger partial charge >= 0.3 is 0 Å². The molecule has 0 saturated carbocycles. The molecule has 1 aliphatic rings. The predicted molar refractivity (Wildman–Crippen MR) is 97.8 cm³/mol. The number of nitrogens with one attached hydrogen (secondary N) is 1. The van der Waals surface area contributed by atoms with Gasteiger partial charge in [-0.3, -0.25) is 4.79 Å². The van der Waals surface area contributed by atoms with Crippen molar-refractivity contribution in [2.75, 3.05) is 18.0 Å². The largest absolute Gasteiger partial charge is 0.357 e. The lowest BCUT2D eigenvalue weighted by Crippen LogP contribution is -2.23. The third-order valence-corrected chi connectivity index (χ3v) is 5.66. The zero-order valence-corrected chi connectivity index (χ0v) is 15.3. The number of pyridine rings is 1. The van der Waals surface area contributed by atoms with E-state index in [1.807, 2.05) is 25.3 Å². The number of carbonyl (C=O) groups is 1. The van der Waals surface area contributed by atoms with E-state index in [0.29, 0.717) is 17.3 Å². The second-order valence-corrected chi connectivity index (χ2v) is 7.55. The molecule has 0 aliphatic carbocycles. The predicted octanol–water partition coefficient (Wildman–Crippen LogP) is 3.50. The Labute approximate surface area is 147 Å². The molecule has 0 bridgehead atoms. The van der Waals surface area contributed by atoms with E-state index in [2.05, 4.69) is 34.0 Å². The zero-order valence-electron chi connectivity index (χ0n) is 14.5. The van der Waals surface area contributed by atoms with Crippen LogP contribution in [-0.2, 0) is 6.54 Å². The molecular formula is C18H24N4OS. The van der Waals surface area contributed by atoms with Crippen LogP contribution in [0.25, 0.3) is 0 Å². The summed E-state index contributed by atoms with van der Waals surface area (Å²) in [7, 11) is 0. The van der Waals surface area contributed by atoms with Crippen LogP contribution in [0.4, 0.5) is 5.82 Å². The Morgan fingerprint density at radius 1 is 1.33 bits per heavy atom. The number of anilines is 1. The van der Waals surface area contributed by atoms with Crippen LogP contribution >= 0.6 is 11.3 Å². The molecule has 5 nitrogen and oxygen atoms in total. The van der Waals surface area contributed by atoms with Gasteiger partial charge in [0.25, 0.3) is 5.91 Å². The SMILES string of the molecule is Cc1nc(C(C)C)sc1C(=O)NCc1ccc(N2CCCC2)nc1. The van der Waals surface area contributed by atoms with Gasteiger partial charge in [0.2, 0.25) is 0 Å². The normalized spacial score (nSPS) is 14.4. The van der Waals surface area contributed by atoms with Gasteiger partial charge in [-0.2, -0.15) is 0 Å². The highest BCUT2D eigenvalue weighted by molar-refractivity contribution is 7.13. The van der Waals surface area contributed by atoms with E-state index in [0.717, 1.165) is 35.2 Å². The first-order valence-corrected chi connectivity index (χ1v) is 9.31. The number of aryl methyl sites for hydroxylation is 1. The summed E-state index contributed by atoms with van der Waals surface area (Å²) < 4.78 is 0. The number of amides is 1. The summed E-state index contributed by atoms with van der Waals surface area (Å²) >= 11 is 1.48. The summed E-state index contributed by atoms with van der Waals surface area (Å²) in [6, 6.07) is 4.08. The first-order chi connectivity index (χ1) is 11.5. The van der Waals surface area contributed by atoms with E-state index in [1.165, 1.54) is 24.2 Å². The number of aromatic nitrogens is 2. The van der Waals surface area contributed by atoms with Gasteiger partial charge in [-0.15, -0.1) is 11.3 Å². The van der Waals surface area contributed by atoms with Crippen LogP contribution < -0.4 is 10.2 Å². The molecule has 0 spiro atoms. The van der Waals surface area contributed by atoms with E-state index >= 15 is 0 Å². The summed E-state index contributed by atoms with van der Waals surface area (Å²) in [5.74, 6) is 1.32. The Morgan fingerprint density at radius 3 is 2.67 bits per heavy atom. The Bertz CT molecular complexity index is 702. The Morgan fingerprint density at radius 2 is 2.08 bits per heavy atom. The van der Waals surface area contributed by atoms with Crippen molar-refractivity contribution in [3.8, 4) is 0 Å². The fourth-order valence-electron chi connectivity index (χ4n) is 2.79. The summed E-state index contributed by atoms with van der Waals surface area (Å²) in [6.07, 6.45) is 4.34. The molecular weight excluding hydrogens is 320 g/mol. The van der Waals surface area contributed by atoms with Gasteiger partial charge < -0.3 is 10.2 Å². The number of carbonyl (C=O) groups excluding carboxylic acids is 1. The summed E-state index contributed by atoms with van der Waals surface area (Å²) in [5, 5.41) is 3.98. The molecule has 2 aromatic heterocycles. The maximum atomic E-state index is 12.4. The van der Waals surface area contributed by atoms with Crippen LogP contribution in [0.1, 0.15) is 58.5 Å². The molecule has 6 heteroatoms. The maximum Gasteiger partial charge on any atom is 0.263 e. The van der Waals surface area contributed by atoms with Crippen molar-refractivity contribution in [1.29, 1.82) is 0 Å². The lowest BCUT2D eigenvalue weighted by atomic mass is 10.2. The lowest BCUT2D eigenvalue weighted by molar-refractivity contribution is 0.0954. The van der Waals surface area contributed by atoms with E-state index in [4.69, 9.17) is 0 Å². The molecule has 0 aromatic carbocycles. The van der Waals surface area contributed by atoms with Crippen LogP contribution in [0.5, 0.6) is 0 Å².